The molecule has 3 N–H and O–H groups in total. The standard InChI is InChI=1S/C33H35F3N4O9S/c1-3-21-39(50(47,48)25-19-17-24(18-20-25)40(45)46)26(31(42)43)15-10-16-27(33(34,35)36)37-30(41)29(38-32(44)49-2)28(22-11-6-4-7-12-22)23-13-8-5-9-14-23/h4-9,11-15,17-20,27-29H,3,10,16,21H2,1-2H3,(H,37,41)(H,38,44)(H,42,43)/t27?,29-/m0/s1. The van der Waals surface area contributed by atoms with Crippen LogP contribution in [-0.2, 0) is 24.3 Å². The Labute approximate surface area is 285 Å². The molecule has 0 fully saturated rings. The molecule has 2 amide bonds. The van der Waals surface area contributed by atoms with Crippen molar-refractivity contribution < 1.29 is 50.7 Å². The zero-order valence-electron chi connectivity index (χ0n) is 26.9. The van der Waals surface area contributed by atoms with Gasteiger partial charge in [-0.05, 0) is 42.5 Å². The molecule has 0 aliphatic heterocycles. The van der Waals surface area contributed by atoms with Gasteiger partial charge in [-0.1, -0.05) is 73.7 Å². The number of ether oxygens (including phenoxy) is 1. The van der Waals surface area contributed by atoms with Crippen molar-refractivity contribution in [3.63, 3.8) is 0 Å². The first-order chi connectivity index (χ1) is 23.6. The molecule has 0 aliphatic carbocycles. The molecule has 0 bridgehead atoms. The minimum absolute atomic E-state index is 0.108. The fraction of sp³-hybridized carbons (Fsp3) is 0.303. The van der Waals surface area contributed by atoms with E-state index in [1.54, 1.807) is 67.6 Å². The van der Waals surface area contributed by atoms with E-state index in [4.69, 9.17) is 0 Å². The summed E-state index contributed by atoms with van der Waals surface area (Å²) in [5.41, 5.74) is -0.268. The fourth-order valence-electron chi connectivity index (χ4n) is 5.09. The van der Waals surface area contributed by atoms with Crippen LogP contribution in [0, 0.1) is 10.1 Å². The Morgan fingerprint density at radius 1 is 0.960 bits per heavy atom. The third kappa shape index (κ3) is 10.0. The summed E-state index contributed by atoms with van der Waals surface area (Å²) in [4.78, 5) is 48.0. The van der Waals surface area contributed by atoms with Gasteiger partial charge in [-0.3, -0.25) is 19.2 Å². The Hall–Kier alpha value is -5.45. The maximum Gasteiger partial charge on any atom is 0.408 e. The van der Waals surface area contributed by atoms with Crippen molar-refractivity contribution in [1.29, 1.82) is 0 Å². The van der Waals surface area contributed by atoms with Crippen LogP contribution in [0.15, 0.2) is 102 Å². The van der Waals surface area contributed by atoms with Gasteiger partial charge in [0, 0.05) is 24.6 Å². The number of nitrogens with one attached hydrogen (secondary N) is 2. The Bertz CT molecular complexity index is 1730. The number of nitro benzene ring substituents is 1. The summed E-state index contributed by atoms with van der Waals surface area (Å²) in [6.07, 6.45) is -6.78. The molecule has 2 atom stereocenters. The van der Waals surface area contributed by atoms with Crippen LogP contribution in [0.25, 0.3) is 0 Å². The van der Waals surface area contributed by atoms with Gasteiger partial charge in [-0.2, -0.15) is 13.2 Å². The lowest BCUT2D eigenvalue weighted by Crippen LogP contribution is -2.55. The molecule has 0 saturated carbocycles. The number of carbonyl (C=O) groups excluding carboxylic acids is 2. The fourth-order valence-corrected chi connectivity index (χ4v) is 6.66. The number of carboxylic acid groups (broad SMARTS) is 1. The molecule has 0 heterocycles. The lowest BCUT2D eigenvalue weighted by Gasteiger charge is -2.30. The van der Waals surface area contributed by atoms with Crippen LogP contribution in [0.3, 0.4) is 0 Å². The Kier molecular flexibility index (Phi) is 13.5. The highest BCUT2D eigenvalue weighted by Gasteiger charge is 2.43. The number of sulfonamides is 1. The third-order valence-corrected chi connectivity index (χ3v) is 9.27. The summed E-state index contributed by atoms with van der Waals surface area (Å²) < 4.78 is 75.1. The highest BCUT2D eigenvalue weighted by atomic mass is 32.2. The number of alkyl carbamates (subject to hydrolysis) is 1. The average molecular weight is 721 g/mol. The highest BCUT2D eigenvalue weighted by Crippen LogP contribution is 2.31. The number of hydrogen-bond donors (Lipinski definition) is 3. The van der Waals surface area contributed by atoms with E-state index in [9.17, 15) is 51.2 Å². The van der Waals surface area contributed by atoms with Gasteiger partial charge >= 0.3 is 18.2 Å². The van der Waals surface area contributed by atoms with Crippen molar-refractivity contribution in [2.75, 3.05) is 13.7 Å². The van der Waals surface area contributed by atoms with Crippen LogP contribution in [0.2, 0.25) is 0 Å². The second kappa shape index (κ2) is 17.3. The van der Waals surface area contributed by atoms with Crippen LogP contribution in [0.4, 0.5) is 23.7 Å². The molecule has 0 radical (unpaired) electrons. The summed E-state index contributed by atoms with van der Waals surface area (Å²) in [7, 11) is -3.59. The van der Waals surface area contributed by atoms with Crippen LogP contribution in [-0.4, -0.2) is 72.6 Å². The second-order valence-electron chi connectivity index (χ2n) is 10.8. The van der Waals surface area contributed by atoms with E-state index in [1.807, 2.05) is 5.32 Å². The molecule has 3 aromatic rings. The monoisotopic (exact) mass is 720 g/mol. The van der Waals surface area contributed by atoms with Gasteiger partial charge in [0.05, 0.1) is 16.9 Å². The van der Waals surface area contributed by atoms with Crippen molar-refractivity contribution >= 4 is 33.7 Å². The van der Waals surface area contributed by atoms with E-state index in [2.05, 4.69) is 10.1 Å². The number of allylic oxidation sites excluding steroid dienone is 1. The van der Waals surface area contributed by atoms with E-state index in [-0.39, 0.29) is 13.0 Å². The minimum Gasteiger partial charge on any atom is -0.477 e. The van der Waals surface area contributed by atoms with Gasteiger partial charge in [0.25, 0.3) is 15.7 Å². The summed E-state index contributed by atoms with van der Waals surface area (Å²) in [6, 6.07) is 16.1. The van der Waals surface area contributed by atoms with Crippen LogP contribution in [0.1, 0.15) is 43.2 Å². The summed E-state index contributed by atoms with van der Waals surface area (Å²) in [5.74, 6) is -3.94. The molecule has 17 heteroatoms. The second-order valence-corrected chi connectivity index (χ2v) is 12.7. The highest BCUT2D eigenvalue weighted by molar-refractivity contribution is 7.89. The Morgan fingerprint density at radius 3 is 1.94 bits per heavy atom. The summed E-state index contributed by atoms with van der Waals surface area (Å²) in [5, 5.41) is 25.2. The van der Waals surface area contributed by atoms with Crippen molar-refractivity contribution in [1.82, 2.24) is 14.9 Å². The number of nitrogens with zero attached hydrogens (tertiary/aromatic N) is 2. The molecule has 13 nitrogen and oxygen atoms in total. The number of carboxylic acids is 1. The predicted molar refractivity (Wildman–Crippen MR) is 174 cm³/mol. The molecule has 268 valence electrons. The van der Waals surface area contributed by atoms with Crippen molar-refractivity contribution in [2.24, 2.45) is 0 Å². The number of rotatable bonds is 16. The molecule has 0 aromatic heterocycles. The van der Waals surface area contributed by atoms with Gasteiger partial charge < -0.3 is 20.5 Å². The zero-order chi connectivity index (χ0) is 37.1. The lowest BCUT2D eigenvalue weighted by atomic mass is 9.84. The normalized spacial score (nSPS) is 13.2. The van der Waals surface area contributed by atoms with Gasteiger partial charge in [-0.15, -0.1) is 0 Å². The summed E-state index contributed by atoms with van der Waals surface area (Å²) in [6.45, 7) is 1.17. The molecule has 0 saturated heterocycles. The molecule has 50 heavy (non-hydrogen) atoms. The number of nitro groups is 1. The maximum atomic E-state index is 14.4. The minimum atomic E-state index is -5.05. The van der Waals surface area contributed by atoms with Gasteiger partial charge in [0.15, 0.2) is 0 Å². The third-order valence-electron chi connectivity index (χ3n) is 7.45. The number of amides is 2. The topological polar surface area (TPSA) is 185 Å². The molecule has 1 unspecified atom stereocenters. The van der Waals surface area contributed by atoms with E-state index in [0.717, 1.165) is 37.5 Å². The van der Waals surface area contributed by atoms with Crippen molar-refractivity contribution in [2.45, 2.75) is 55.3 Å². The molecule has 0 aliphatic rings. The Morgan fingerprint density at radius 2 is 1.50 bits per heavy atom. The quantitative estimate of drug-likeness (QED) is 0.0997. The van der Waals surface area contributed by atoms with Crippen molar-refractivity contribution in [3.8, 4) is 0 Å². The number of halogens is 3. The molecule has 3 rings (SSSR count). The first kappa shape index (κ1) is 39.0. The SMILES string of the molecule is CCCN(C(=CCCC(NC(=O)[C@@H](NC(=O)OC)C(c1ccccc1)c1ccccc1)C(F)(F)F)C(=O)O)S(=O)(=O)c1ccc([N+](=O)[O-])cc1. The number of alkyl halides is 3. The first-order valence-electron chi connectivity index (χ1n) is 15.1. The maximum absolute atomic E-state index is 14.4. The van der Waals surface area contributed by atoms with Gasteiger partial charge in [0.2, 0.25) is 5.91 Å². The number of non-ortho nitro benzene ring substituents is 1. The summed E-state index contributed by atoms with van der Waals surface area (Å²) >= 11 is 0. The average Bonchev–Trinajstić information content (AvgIpc) is 3.08. The van der Waals surface area contributed by atoms with E-state index in [0.29, 0.717) is 15.4 Å². The van der Waals surface area contributed by atoms with Crippen LogP contribution >= 0.6 is 0 Å². The number of hydrogen-bond acceptors (Lipinski definition) is 8. The molecule has 3 aromatic carbocycles. The van der Waals surface area contributed by atoms with Crippen molar-refractivity contribution in [3.05, 3.63) is 118 Å². The number of aliphatic carboxylic acids is 1. The molecule has 0 spiro atoms. The number of benzene rings is 3. The lowest BCUT2D eigenvalue weighted by molar-refractivity contribution is -0.384. The largest absolute Gasteiger partial charge is 0.477 e. The van der Waals surface area contributed by atoms with Crippen LogP contribution in [0.5, 0.6) is 0 Å². The number of methoxy groups -OCH3 is 1. The van der Waals surface area contributed by atoms with E-state index >= 15 is 0 Å². The van der Waals surface area contributed by atoms with E-state index < -0.39 is 86.2 Å². The zero-order valence-corrected chi connectivity index (χ0v) is 27.7. The Balaban J connectivity index is 1.95. The number of carbonyl (C=O) groups is 3. The first-order valence-corrected chi connectivity index (χ1v) is 16.6. The van der Waals surface area contributed by atoms with Gasteiger partial charge in [-0.25, -0.2) is 18.0 Å². The molecular weight excluding hydrogens is 685 g/mol. The van der Waals surface area contributed by atoms with Crippen LogP contribution < -0.4 is 10.6 Å². The predicted octanol–water partition coefficient (Wildman–Crippen LogP) is 5.35. The van der Waals surface area contributed by atoms with Gasteiger partial charge in [0.1, 0.15) is 17.8 Å². The smallest absolute Gasteiger partial charge is 0.408 e. The van der Waals surface area contributed by atoms with E-state index in [1.165, 1.54) is 0 Å². The molecular formula is C33H35F3N4O9S.